The molecule has 1 saturated carbocycles. The molecule has 0 aromatic heterocycles. The first kappa shape index (κ1) is 19.3. The van der Waals surface area contributed by atoms with Crippen LogP contribution >= 0.6 is 11.6 Å². The topological polar surface area (TPSA) is 47.6 Å². The second-order valence-corrected chi connectivity index (χ2v) is 7.20. The Kier molecular flexibility index (Phi) is 6.07. The number of carbonyl (C=O) groups excluding carboxylic acids is 1. The molecule has 0 aliphatic heterocycles. The van der Waals surface area contributed by atoms with Crippen molar-refractivity contribution in [3.63, 3.8) is 0 Å². The number of hydrogen-bond donors (Lipinski definition) is 1. The van der Waals surface area contributed by atoms with Gasteiger partial charge in [0, 0.05) is 22.9 Å². The Morgan fingerprint density at radius 1 is 1.26 bits per heavy atom. The molecule has 142 valence electrons. The molecule has 0 spiro atoms. The Morgan fingerprint density at radius 3 is 2.63 bits per heavy atom. The zero-order chi connectivity index (χ0) is 19.4. The van der Waals surface area contributed by atoms with Crippen LogP contribution in [0.2, 0.25) is 5.02 Å². The first-order valence-corrected chi connectivity index (χ1v) is 9.42. The summed E-state index contributed by atoms with van der Waals surface area (Å²) in [5.74, 6) is 1.99. The minimum atomic E-state index is -0.0554. The van der Waals surface area contributed by atoms with Crippen LogP contribution in [0.4, 0.5) is 5.69 Å². The molecule has 1 aliphatic carbocycles. The summed E-state index contributed by atoms with van der Waals surface area (Å²) in [4.78, 5) is 11.8. The highest BCUT2D eigenvalue weighted by molar-refractivity contribution is 6.33. The molecule has 0 bridgehead atoms. The molecule has 1 N–H and O–H groups in total. The zero-order valence-electron chi connectivity index (χ0n) is 15.8. The Bertz CT molecular complexity index is 872. The molecule has 0 saturated heterocycles. The molecule has 0 unspecified atom stereocenters. The van der Waals surface area contributed by atoms with Gasteiger partial charge in [-0.25, -0.2) is 0 Å². The van der Waals surface area contributed by atoms with Gasteiger partial charge in [-0.1, -0.05) is 23.7 Å². The summed E-state index contributed by atoms with van der Waals surface area (Å²) in [6, 6.07) is 11.2. The largest absolute Gasteiger partial charge is 0.493 e. The summed E-state index contributed by atoms with van der Waals surface area (Å²) in [5, 5.41) is 3.88. The number of allylic oxidation sites excluding steroid dienone is 1. The second-order valence-electron chi connectivity index (χ2n) is 6.80. The van der Waals surface area contributed by atoms with Crippen molar-refractivity contribution < 1.29 is 14.3 Å². The number of ketones is 1. The SMILES string of the molecule is COc1ccc(/C(=C\C(C)=O)Nc2ccccc2Cl)c(C)c1OCC1CC1. The lowest BCUT2D eigenvalue weighted by atomic mass is 10.0. The van der Waals surface area contributed by atoms with Crippen molar-refractivity contribution in [2.75, 3.05) is 19.0 Å². The van der Waals surface area contributed by atoms with E-state index in [1.54, 1.807) is 19.3 Å². The van der Waals surface area contributed by atoms with E-state index in [9.17, 15) is 4.79 Å². The summed E-state index contributed by atoms with van der Waals surface area (Å²) < 4.78 is 11.5. The maximum atomic E-state index is 11.8. The van der Waals surface area contributed by atoms with E-state index in [0.717, 1.165) is 22.6 Å². The van der Waals surface area contributed by atoms with E-state index < -0.39 is 0 Å². The van der Waals surface area contributed by atoms with Crippen molar-refractivity contribution in [1.82, 2.24) is 0 Å². The fourth-order valence-corrected chi connectivity index (χ4v) is 3.06. The summed E-state index contributed by atoms with van der Waals surface area (Å²) in [5.41, 5.74) is 3.20. The summed E-state index contributed by atoms with van der Waals surface area (Å²) in [6.07, 6.45) is 4.00. The molecule has 3 rings (SSSR count). The third-order valence-corrected chi connectivity index (χ3v) is 4.86. The third-order valence-electron chi connectivity index (χ3n) is 4.53. The minimum absolute atomic E-state index is 0.0554. The summed E-state index contributed by atoms with van der Waals surface area (Å²) in [7, 11) is 1.63. The molecule has 0 heterocycles. The number of anilines is 1. The Labute approximate surface area is 165 Å². The number of methoxy groups -OCH3 is 1. The number of para-hydroxylation sites is 1. The lowest BCUT2D eigenvalue weighted by Crippen LogP contribution is -2.07. The predicted octanol–water partition coefficient (Wildman–Crippen LogP) is 5.49. The highest BCUT2D eigenvalue weighted by Crippen LogP contribution is 2.38. The van der Waals surface area contributed by atoms with Gasteiger partial charge in [-0.3, -0.25) is 4.79 Å². The molecular formula is C22H24ClNO3. The van der Waals surface area contributed by atoms with Crippen LogP contribution in [-0.2, 0) is 4.79 Å². The number of carbonyl (C=O) groups is 1. The molecule has 2 aromatic carbocycles. The van der Waals surface area contributed by atoms with E-state index in [1.165, 1.54) is 19.8 Å². The van der Waals surface area contributed by atoms with Crippen LogP contribution in [0.5, 0.6) is 11.5 Å². The van der Waals surface area contributed by atoms with Gasteiger partial charge < -0.3 is 14.8 Å². The van der Waals surface area contributed by atoms with Crippen molar-refractivity contribution in [3.05, 3.63) is 58.6 Å². The lowest BCUT2D eigenvalue weighted by molar-refractivity contribution is -0.112. The molecular weight excluding hydrogens is 362 g/mol. The fraction of sp³-hybridized carbons (Fsp3) is 0.318. The molecule has 1 aliphatic rings. The maximum Gasteiger partial charge on any atom is 0.164 e. The van der Waals surface area contributed by atoms with Crippen molar-refractivity contribution in [3.8, 4) is 11.5 Å². The van der Waals surface area contributed by atoms with Crippen molar-refractivity contribution in [2.45, 2.75) is 26.7 Å². The Morgan fingerprint density at radius 2 is 2.00 bits per heavy atom. The Hall–Kier alpha value is -2.46. The fourth-order valence-electron chi connectivity index (χ4n) is 2.88. The zero-order valence-corrected chi connectivity index (χ0v) is 16.6. The van der Waals surface area contributed by atoms with Crippen LogP contribution in [0, 0.1) is 12.8 Å². The van der Waals surface area contributed by atoms with Crippen LogP contribution in [-0.4, -0.2) is 19.5 Å². The number of benzene rings is 2. The monoisotopic (exact) mass is 385 g/mol. The first-order chi connectivity index (χ1) is 13.0. The molecule has 27 heavy (non-hydrogen) atoms. The van der Waals surface area contributed by atoms with E-state index in [1.807, 2.05) is 37.3 Å². The smallest absolute Gasteiger partial charge is 0.164 e. The van der Waals surface area contributed by atoms with Gasteiger partial charge in [0.15, 0.2) is 17.3 Å². The van der Waals surface area contributed by atoms with E-state index in [4.69, 9.17) is 21.1 Å². The van der Waals surface area contributed by atoms with Gasteiger partial charge in [0.2, 0.25) is 0 Å². The molecule has 2 aromatic rings. The van der Waals surface area contributed by atoms with Crippen molar-refractivity contribution in [2.24, 2.45) is 5.92 Å². The molecule has 4 nitrogen and oxygen atoms in total. The van der Waals surface area contributed by atoms with E-state index in [2.05, 4.69) is 5.32 Å². The minimum Gasteiger partial charge on any atom is -0.493 e. The average Bonchev–Trinajstić information content (AvgIpc) is 3.45. The molecule has 0 amide bonds. The van der Waals surface area contributed by atoms with Gasteiger partial charge in [0.05, 0.1) is 24.4 Å². The third kappa shape index (κ3) is 4.83. The number of nitrogens with one attached hydrogen (secondary N) is 1. The van der Waals surface area contributed by atoms with Gasteiger partial charge in [-0.2, -0.15) is 0 Å². The van der Waals surface area contributed by atoms with Crippen molar-refractivity contribution >= 4 is 28.8 Å². The van der Waals surface area contributed by atoms with E-state index in [-0.39, 0.29) is 5.78 Å². The normalized spacial score (nSPS) is 14.0. The standard InChI is InChI=1S/C22H24ClNO3/c1-14(25)12-20(24-19-7-5-4-6-18(19)23)17-10-11-21(26-3)22(15(17)2)27-13-16-8-9-16/h4-7,10-12,16,24H,8-9,13H2,1-3H3/b20-12+. The highest BCUT2D eigenvalue weighted by Gasteiger charge is 2.24. The van der Waals surface area contributed by atoms with Crippen LogP contribution in [0.3, 0.4) is 0 Å². The van der Waals surface area contributed by atoms with Crippen LogP contribution in [0.1, 0.15) is 30.9 Å². The molecule has 0 radical (unpaired) electrons. The van der Waals surface area contributed by atoms with E-state index in [0.29, 0.717) is 29.0 Å². The maximum absolute atomic E-state index is 11.8. The van der Waals surface area contributed by atoms with Crippen molar-refractivity contribution in [1.29, 1.82) is 0 Å². The summed E-state index contributed by atoms with van der Waals surface area (Å²) >= 11 is 6.28. The number of ether oxygens (including phenoxy) is 2. The highest BCUT2D eigenvalue weighted by atomic mass is 35.5. The van der Waals surface area contributed by atoms with Gasteiger partial charge >= 0.3 is 0 Å². The Balaban J connectivity index is 1.99. The van der Waals surface area contributed by atoms with Gasteiger partial charge in [0.1, 0.15) is 0 Å². The average molecular weight is 386 g/mol. The number of rotatable bonds is 8. The van der Waals surface area contributed by atoms with Crippen LogP contribution in [0.25, 0.3) is 5.70 Å². The second kappa shape index (κ2) is 8.49. The van der Waals surface area contributed by atoms with Crippen LogP contribution < -0.4 is 14.8 Å². The predicted molar refractivity (Wildman–Crippen MR) is 110 cm³/mol. The first-order valence-electron chi connectivity index (χ1n) is 9.04. The molecule has 5 heteroatoms. The molecule has 0 atom stereocenters. The van der Waals surface area contributed by atoms with E-state index >= 15 is 0 Å². The van der Waals surface area contributed by atoms with Crippen LogP contribution in [0.15, 0.2) is 42.5 Å². The van der Waals surface area contributed by atoms with Gasteiger partial charge in [-0.15, -0.1) is 0 Å². The lowest BCUT2D eigenvalue weighted by Gasteiger charge is -2.19. The quantitative estimate of drug-likeness (QED) is 0.610. The number of halogens is 1. The summed E-state index contributed by atoms with van der Waals surface area (Å²) in [6.45, 7) is 4.18. The molecule has 1 fully saturated rings. The van der Waals surface area contributed by atoms with Gasteiger partial charge in [0.25, 0.3) is 0 Å². The van der Waals surface area contributed by atoms with Gasteiger partial charge in [-0.05, 0) is 56.9 Å². The number of hydrogen-bond acceptors (Lipinski definition) is 4.